The third-order valence-electron chi connectivity index (χ3n) is 3.71. The van der Waals surface area contributed by atoms with Crippen LogP contribution in [-0.4, -0.2) is 43.9 Å². The lowest BCUT2D eigenvalue weighted by Gasteiger charge is -2.29. The van der Waals surface area contributed by atoms with E-state index in [2.05, 4.69) is 10.5 Å². The summed E-state index contributed by atoms with van der Waals surface area (Å²) in [6.45, 7) is 1.89. The van der Waals surface area contributed by atoms with E-state index in [1.54, 1.807) is 0 Å². The molecule has 17 heavy (non-hydrogen) atoms. The van der Waals surface area contributed by atoms with Crippen molar-refractivity contribution in [3.8, 4) is 0 Å². The lowest BCUT2D eigenvalue weighted by molar-refractivity contribution is 0.00393. The maximum Gasteiger partial charge on any atom is 0.229 e. The van der Waals surface area contributed by atoms with Crippen LogP contribution in [0.25, 0.3) is 0 Å². The Bertz CT molecular complexity index is 283. The molecule has 0 aromatic carbocycles. The van der Waals surface area contributed by atoms with E-state index in [-0.39, 0.29) is 0 Å². The summed E-state index contributed by atoms with van der Waals surface area (Å²) in [5, 5.41) is 7.39. The summed E-state index contributed by atoms with van der Waals surface area (Å²) in [4.78, 5) is 4.85. The van der Waals surface area contributed by atoms with Gasteiger partial charge in [-0.2, -0.15) is 0 Å². The van der Waals surface area contributed by atoms with E-state index in [4.69, 9.17) is 14.3 Å². The first kappa shape index (κ1) is 11.3. The highest BCUT2D eigenvalue weighted by atomic mass is 16.7. The highest BCUT2D eigenvalue weighted by Crippen LogP contribution is 2.28. The number of hydrogen-bond donors (Lipinski definition) is 1. The minimum Gasteiger partial charge on any atom is -0.476 e. The number of fused-ring (bicyclic) bond motifs is 2. The van der Waals surface area contributed by atoms with Crippen molar-refractivity contribution < 1.29 is 14.3 Å². The number of ether oxygens (including phenoxy) is 2. The van der Waals surface area contributed by atoms with Gasteiger partial charge in [0.1, 0.15) is 13.2 Å². The average Bonchev–Trinajstić information content (AvgIpc) is 2.95. The van der Waals surface area contributed by atoms with Gasteiger partial charge in [-0.05, 0) is 25.7 Å². The van der Waals surface area contributed by atoms with Crippen molar-refractivity contribution in [1.82, 2.24) is 5.32 Å². The van der Waals surface area contributed by atoms with Crippen molar-refractivity contribution in [2.24, 2.45) is 5.16 Å². The third-order valence-corrected chi connectivity index (χ3v) is 3.71. The Balaban J connectivity index is 1.32. The van der Waals surface area contributed by atoms with Gasteiger partial charge in [0.2, 0.25) is 5.90 Å². The van der Waals surface area contributed by atoms with Crippen molar-refractivity contribution in [2.75, 3.05) is 19.8 Å². The van der Waals surface area contributed by atoms with E-state index in [0.29, 0.717) is 43.9 Å². The molecule has 3 rings (SSSR count). The van der Waals surface area contributed by atoms with E-state index in [1.807, 2.05) is 0 Å². The Morgan fingerprint density at radius 1 is 1.24 bits per heavy atom. The van der Waals surface area contributed by atoms with Crippen LogP contribution in [0.15, 0.2) is 5.16 Å². The van der Waals surface area contributed by atoms with E-state index in [0.717, 1.165) is 19.3 Å². The van der Waals surface area contributed by atoms with Gasteiger partial charge in [0.05, 0.1) is 19.1 Å². The van der Waals surface area contributed by atoms with E-state index >= 15 is 0 Å². The summed E-state index contributed by atoms with van der Waals surface area (Å²) in [6.07, 6.45) is 6.14. The van der Waals surface area contributed by atoms with Gasteiger partial charge in [-0.3, -0.25) is 0 Å². The van der Waals surface area contributed by atoms with Gasteiger partial charge in [-0.15, -0.1) is 0 Å². The smallest absolute Gasteiger partial charge is 0.229 e. The van der Waals surface area contributed by atoms with Gasteiger partial charge >= 0.3 is 0 Å². The molecule has 1 unspecified atom stereocenters. The highest BCUT2D eigenvalue weighted by molar-refractivity contribution is 5.76. The number of nitrogens with zero attached hydrogens (tertiary/aromatic N) is 1. The zero-order valence-electron chi connectivity index (χ0n) is 10.1. The lowest BCUT2D eigenvalue weighted by Crippen LogP contribution is -2.41. The second-order valence-corrected chi connectivity index (χ2v) is 5.02. The molecular formula is C12H20N2O3. The second kappa shape index (κ2) is 5.23. The van der Waals surface area contributed by atoms with Crippen LogP contribution in [0, 0.1) is 0 Å². The SMILES string of the molecule is C1CC(OCCO[C@H]2CC3CC[C@@H](C2)N3)=NO1. The summed E-state index contributed by atoms with van der Waals surface area (Å²) >= 11 is 0. The molecular weight excluding hydrogens is 220 g/mol. The molecule has 3 aliphatic heterocycles. The number of nitrogens with one attached hydrogen (secondary N) is 1. The fourth-order valence-electron chi connectivity index (χ4n) is 2.91. The Kier molecular flexibility index (Phi) is 3.47. The average molecular weight is 240 g/mol. The first-order valence-electron chi connectivity index (χ1n) is 6.59. The first-order valence-corrected chi connectivity index (χ1v) is 6.59. The molecule has 0 radical (unpaired) electrons. The molecule has 5 nitrogen and oxygen atoms in total. The molecule has 0 aromatic rings. The molecule has 3 heterocycles. The van der Waals surface area contributed by atoms with Crippen LogP contribution in [0.2, 0.25) is 0 Å². The topological polar surface area (TPSA) is 52.1 Å². The summed E-state index contributed by atoms with van der Waals surface area (Å²) in [5.41, 5.74) is 0. The molecule has 5 heteroatoms. The molecule has 1 N–H and O–H groups in total. The molecule has 3 atom stereocenters. The van der Waals surface area contributed by atoms with Crippen LogP contribution < -0.4 is 5.32 Å². The van der Waals surface area contributed by atoms with Gasteiger partial charge in [-0.1, -0.05) is 5.16 Å². The maximum atomic E-state index is 5.86. The van der Waals surface area contributed by atoms with Crippen molar-refractivity contribution in [2.45, 2.75) is 50.3 Å². The number of oxime groups is 1. The van der Waals surface area contributed by atoms with Crippen LogP contribution in [0.1, 0.15) is 32.1 Å². The molecule has 0 aromatic heterocycles. The molecule has 0 amide bonds. The summed E-state index contributed by atoms with van der Waals surface area (Å²) in [7, 11) is 0. The van der Waals surface area contributed by atoms with Crippen molar-refractivity contribution in [1.29, 1.82) is 0 Å². The molecule has 2 fully saturated rings. The first-order chi connectivity index (χ1) is 8.40. The number of rotatable bonds is 4. The van der Waals surface area contributed by atoms with Gasteiger partial charge in [0, 0.05) is 12.1 Å². The molecule has 2 bridgehead atoms. The molecule has 0 saturated carbocycles. The minimum atomic E-state index is 0.416. The highest BCUT2D eigenvalue weighted by Gasteiger charge is 2.33. The van der Waals surface area contributed by atoms with Crippen LogP contribution in [0.3, 0.4) is 0 Å². The standard InChI is InChI=1S/C12H20N2O3/c1-2-10-8-11(7-9(1)13-10)15-5-6-16-12-3-4-17-14-12/h9-11,13H,1-8H2/t9-,10?,11+/m0/s1. The predicted octanol–water partition coefficient (Wildman–Crippen LogP) is 1.04. The zero-order valence-corrected chi connectivity index (χ0v) is 10.1. The predicted molar refractivity (Wildman–Crippen MR) is 62.9 cm³/mol. The van der Waals surface area contributed by atoms with E-state index in [9.17, 15) is 0 Å². The molecule has 3 aliphatic rings. The van der Waals surface area contributed by atoms with Crippen LogP contribution in [0.5, 0.6) is 0 Å². The van der Waals surface area contributed by atoms with E-state index in [1.165, 1.54) is 12.8 Å². The summed E-state index contributed by atoms with van der Waals surface area (Å²) in [5.74, 6) is 0.707. The Labute approximate surface area is 101 Å². The fourth-order valence-corrected chi connectivity index (χ4v) is 2.91. The van der Waals surface area contributed by atoms with Crippen molar-refractivity contribution in [3.63, 3.8) is 0 Å². The van der Waals surface area contributed by atoms with Gasteiger partial charge in [0.25, 0.3) is 0 Å². The van der Waals surface area contributed by atoms with E-state index < -0.39 is 0 Å². The third kappa shape index (κ3) is 2.90. The number of hydrogen-bond acceptors (Lipinski definition) is 5. The van der Waals surface area contributed by atoms with Crippen LogP contribution >= 0.6 is 0 Å². The quantitative estimate of drug-likeness (QED) is 0.746. The van der Waals surface area contributed by atoms with Gasteiger partial charge in [0.15, 0.2) is 0 Å². The van der Waals surface area contributed by atoms with Crippen molar-refractivity contribution >= 4 is 5.90 Å². The Morgan fingerprint density at radius 2 is 2.06 bits per heavy atom. The van der Waals surface area contributed by atoms with Crippen molar-refractivity contribution in [3.05, 3.63) is 0 Å². The van der Waals surface area contributed by atoms with Crippen LogP contribution in [-0.2, 0) is 14.3 Å². The van der Waals surface area contributed by atoms with Gasteiger partial charge < -0.3 is 19.6 Å². The number of piperidine rings is 1. The molecule has 0 spiro atoms. The zero-order chi connectivity index (χ0) is 11.5. The van der Waals surface area contributed by atoms with Crippen LogP contribution in [0.4, 0.5) is 0 Å². The molecule has 2 saturated heterocycles. The van der Waals surface area contributed by atoms with Gasteiger partial charge in [-0.25, -0.2) is 0 Å². The molecule has 0 aliphatic carbocycles. The maximum absolute atomic E-state index is 5.86. The monoisotopic (exact) mass is 240 g/mol. The summed E-state index contributed by atoms with van der Waals surface area (Å²) < 4.78 is 11.3. The lowest BCUT2D eigenvalue weighted by atomic mass is 10.0. The second-order valence-electron chi connectivity index (χ2n) is 5.02. The summed E-state index contributed by atoms with van der Waals surface area (Å²) in [6, 6.07) is 1.37. The minimum absolute atomic E-state index is 0.416. The normalized spacial score (nSPS) is 35.5. The Hall–Kier alpha value is -0.810. The largest absolute Gasteiger partial charge is 0.476 e. The Morgan fingerprint density at radius 3 is 2.76 bits per heavy atom. The molecule has 96 valence electrons. The fraction of sp³-hybridized carbons (Fsp3) is 0.917.